The lowest BCUT2D eigenvalue weighted by molar-refractivity contribution is -0.136. The first-order chi connectivity index (χ1) is 8.77. The Kier molecular flexibility index (Phi) is 4.06. The van der Waals surface area contributed by atoms with Crippen LogP contribution in [0, 0.1) is 5.92 Å². The standard InChI is InChI=1S/C13H15N3O2/c17-12-11(7-4-8-14-12)13(18)16-15-9-10-5-2-1-3-6-10/h1-3,5-6,9,11H,4,7-8H2,(H,14,17)(H,16,18)/b15-9+/t11-/m1/s1. The highest BCUT2D eigenvalue weighted by molar-refractivity contribution is 6.00. The Bertz CT molecular complexity index is 457. The number of carbonyl (C=O) groups is 2. The van der Waals surface area contributed by atoms with Crippen LogP contribution in [0.3, 0.4) is 0 Å². The number of amides is 2. The molecule has 0 bridgehead atoms. The van der Waals surface area contributed by atoms with Crippen molar-refractivity contribution in [3.8, 4) is 0 Å². The molecule has 0 aliphatic carbocycles. The highest BCUT2D eigenvalue weighted by atomic mass is 16.2. The summed E-state index contributed by atoms with van der Waals surface area (Å²) >= 11 is 0. The SMILES string of the molecule is O=C1NCCC[C@H]1C(=O)N/N=C/c1ccccc1. The predicted octanol–water partition coefficient (Wildman–Crippen LogP) is 0.663. The van der Waals surface area contributed by atoms with E-state index in [0.717, 1.165) is 12.0 Å². The molecule has 94 valence electrons. The Balaban J connectivity index is 1.88. The minimum absolute atomic E-state index is 0.214. The van der Waals surface area contributed by atoms with Crippen LogP contribution in [-0.2, 0) is 9.59 Å². The molecular weight excluding hydrogens is 230 g/mol. The van der Waals surface area contributed by atoms with Crippen molar-refractivity contribution in [3.05, 3.63) is 35.9 Å². The molecule has 2 amide bonds. The van der Waals surface area contributed by atoms with E-state index in [4.69, 9.17) is 0 Å². The molecule has 0 unspecified atom stereocenters. The first kappa shape index (κ1) is 12.3. The number of nitrogens with one attached hydrogen (secondary N) is 2. The van der Waals surface area contributed by atoms with Gasteiger partial charge in [-0.2, -0.15) is 5.10 Å². The third-order valence-electron chi connectivity index (χ3n) is 2.79. The van der Waals surface area contributed by atoms with E-state index in [1.807, 2.05) is 30.3 Å². The zero-order chi connectivity index (χ0) is 12.8. The first-order valence-electron chi connectivity index (χ1n) is 5.93. The molecule has 1 heterocycles. The molecule has 5 heteroatoms. The maximum Gasteiger partial charge on any atom is 0.252 e. The van der Waals surface area contributed by atoms with E-state index < -0.39 is 5.92 Å². The van der Waals surface area contributed by atoms with Gasteiger partial charge in [0, 0.05) is 6.54 Å². The van der Waals surface area contributed by atoms with Gasteiger partial charge in [0.1, 0.15) is 5.92 Å². The highest BCUT2D eigenvalue weighted by Gasteiger charge is 2.28. The molecule has 0 aromatic heterocycles. The van der Waals surface area contributed by atoms with Gasteiger partial charge in [-0.15, -0.1) is 0 Å². The molecule has 1 saturated heterocycles. The molecule has 2 rings (SSSR count). The lowest BCUT2D eigenvalue weighted by Crippen LogP contribution is -2.43. The van der Waals surface area contributed by atoms with Gasteiger partial charge in [0.15, 0.2) is 0 Å². The van der Waals surface area contributed by atoms with Gasteiger partial charge in [0.2, 0.25) is 5.91 Å². The summed E-state index contributed by atoms with van der Waals surface area (Å²) in [6, 6.07) is 9.43. The summed E-state index contributed by atoms with van der Waals surface area (Å²) in [7, 11) is 0. The second kappa shape index (κ2) is 5.95. The molecular formula is C13H15N3O2. The molecule has 1 aliphatic heterocycles. The maximum absolute atomic E-state index is 11.7. The molecule has 1 aromatic rings. The van der Waals surface area contributed by atoms with E-state index >= 15 is 0 Å². The fourth-order valence-corrected chi connectivity index (χ4v) is 1.81. The van der Waals surface area contributed by atoms with Gasteiger partial charge in [0.25, 0.3) is 5.91 Å². The Hall–Kier alpha value is -2.17. The Morgan fingerprint density at radius 2 is 2.17 bits per heavy atom. The van der Waals surface area contributed by atoms with Gasteiger partial charge in [-0.3, -0.25) is 9.59 Å². The van der Waals surface area contributed by atoms with E-state index in [9.17, 15) is 9.59 Å². The summed E-state index contributed by atoms with van der Waals surface area (Å²) in [6.45, 7) is 0.649. The molecule has 1 atom stereocenters. The van der Waals surface area contributed by atoms with Crippen LogP contribution in [0.4, 0.5) is 0 Å². The molecule has 1 fully saturated rings. The van der Waals surface area contributed by atoms with Crippen LogP contribution in [0.25, 0.3) is 0 Å². The van der Waals surface area contributed by atoms with E-state index in [1.165, 1.54) is 0 Å². The average molecular weight is 245 g/mol. The first-order valence-corrected chi connectivity index (χ1v) is 5.93. The summed E-state index contributed by atoms with van der Waals surface area (Å²) in [6.07, 6.45) is 2.96. The van der Waals surface area contributed by atoms with Crippen LogP contribution in [0.1, 0.15) is 18.4 Å². The van der Waals surface area contributed by atoms with Gasteiger partial charge in [-0.25, -0.2) is 5.43 Å². The monoisotopic (exact) mass is 245 g/mol. The molecule has 0 saturated carbocycles. The number of nitrogens with zero attached hydrogens (tertiary/aromatic N) is 1. The molecule has 0 spiro atoms. The topological polar surface area (TPSA) is 70.6 Å². The average Bonchev–Trinajstić information content (AvgIpc) is 2.40. The molecule has 5 nitrogen and oxygen atoms in total. The lowest BCUT2D eigenvalue weighted by atomic mass is 9.98. The fraction of sp³-hybridized carbons (Fsp3) is 0.308. The summed E-state index contributed by atoms with van der Waals surface area (Å²) in [5.74, 6) is -1.18. The van der Waals surface area contributed by atoms with Crippen LogP contribution in [0.5, 0.6) is 0 Å². The Morgan fingerprint density at radius 1 is 1.39 bits per heavy atom. The van der Waals surface area contributed by atoms with Crippen molar-refractivity contribution in [1.29, 1.82) is 0 Å². The van der Waals surface area contributed by atoms with E-state index in [1.54, 1.807) is 6.21 Å². The van der Waals surface area contributed by atoms with Gasteiger partial charge in [0.05, 0.1) is 6.21 Å². The fourth-order valence-electron chi connectivity index (χ4n) is 1.81. The van der Waals surface area contributed by atoms with Crippen molar-refractivity contribution in [1.82, 2.24) is 10.7 Å². The number of benzene rings is 1. The van der Waals surface area contributed by atoms with Gasteiger partial charge in [-0.1, -0.05) is 30.3 Å². The number of carbonyl (C=O) groups excluding carboxylic acids is 2. The number of hydrogen-bond acceptors (Lipinski definition) is 3. The van der Waals surface area contributed by atoms with Gasteiger partial charge in [-0.05, 0) is 18.4 Å². The van der Waals surface area contributed by atoms with Crippen molar-refractivity contribution < 1.29 is 9.59 Å². The summed E-state index contributed by atoms with van der Waals surface area (Å²) in [4.78, 5) is 23.2. The van der Waals surface area contributed by atoms with Crippen LogP contribution >= 0.6 is 0 Å². The van der Waals surface area contributed by atoms with Crippen molar-refractivity contribution in [3.63, 3.8) is 0 Å². The summed E-state index contributed by atoms with van der Waals surface area (Å²) < 4.78 is 0. The van der Waals surface area contributed by atoms with E-state index in [2.05, 4.69) is 15.8 Å². The smallest absolute Gasteiger partial charge is 0.252 e. The number of hydrogen-bond donors (Lipinski definition) is 2. The quantitative estimate of drug-likeness (QED) is 0.466. The van der Waals surface area contributed by atoms with Gasteiger partial charge < -0.3 is 5.32 Å². The predicted molar refractivity (Wildman–Crippen MR) is 67.9 cm³/mol. The zero-order valence-electron chi connectivity index (χ0n) is 9.93. The second-order valence-electron chi connectivity index (χ2n) is 4.13. The van der Waals surface area contributed by atoms with Crippen LogP contribution in [0.15, 0.2) is 35.4 Å². The number of hydrazone groups is 1. The third kappa shape index (κ3) is 3.16. The van der Waals surface area contributed by atoms with Crippen molar-refractivity contribution in [2.45, 2.75) is 12.8 Å². The normalized spacial score (nSPS) is 19.6. The number of rotatable bonds is 3. The summed E-state index contributed by atoms with van der Waals surface area (Å²) in [5.41, 5.74) is 3.30. The molecule has 1 aliphatic rings. The van der Waals surface area contributed by atoms with Crippen molar-refractivity contribution in [2.75, 3.05) is 6.54 Å². The highest BCUT2D eigenvalue weighted by Crippen LogP contribution is 2.11. The lowest BCUT2D eigenvalue weighted by Gasteiger charge is -2.19. The number of piperidine rings is 1. The molecule has 2 N–H and O–H groups in total. The molecule has 18 heavy (non-hydrogen) atoms. The molecule has 0 radical (unpaired) electrons. The largest absolute Gasteiger partial charge is 0.355 e. The maximum atomic E-state index is 11.7. The third-order valence-corrected chi connectivity index (χ3v) is 2.79. The van der Waals surface area contributed by atoms with Crippen LogP contribution < -0.4 is 10.7 Å². The minimum atomic E-state index is -0.619. The van der Waals surface area contributed by atoms with Crippen molar-refractivity contribution in [2.24, 2.45) is 11.0 Å². The van der Waals surface area contributed by atoms with Crippen LogP contribution in [0.2, 0.25) is 0 Å². The van der Waals surface area contributed by atoms with E-state index in [-0.39, 0.29) is 11.8 Å². The second-order valence-corrected chi connectivity index (χ2v) is 4.13. The minimum Gasteiger partial charge on any atom is -0.355 e. The van der Waals surface area contributed by atoms with E-state index in [0.29, 0.717) is 13.0 Å². The zero-order valence-corrected chi connectivity index (χ0v) is 9.93. The summed E-state index contributed by atoms with van der Waals surface area (Å²) in [5, 5.41) is 6.52. The van der Waals surface area contributed by atoms with Gasteiger partial charge >= 0.3 is 0 Å². The molecule has 1 aromatic carbocycles. The van der Waals surface area contributed by atoms with Crippen LogP contribution in [-0.4, -0.2) is 24.6 Å². The van der Waals surface area contributed by atoms with Crippen molar-refractivity contribution >= 4 is 18.0 Å². The Morgan fingerprint density at radius 3 is 2.89 bits per heavy atom. The Labute approximate surface area is 105 Å².